The molecule has 1 aromatic heterocycles. The number of likely N-dealkylation sites (tertiary alicyclic amines) is 1. The van der Waals surface area contributed by atoms with E-state index in [0.717, 1.165) is 29.1 Å². The lowest BCUT2D eigenvalue weighted by atomic mass is 10.1. The van der Waals surface area contributed by atoms with Crippen LogP contribution in [0.3, 0.4) is 0 Å². The van der Waals surface area contributed by atoms with Crippen molar-refractivity contribution in [2.75, 3.05) is 38.1 Å². The molecule has 4 rings (SSSR count). The van der Waals surface area contributed by atoms with E-state index >= 15 is 0 Å². The maximum absolute atomic E-state index is 12.3. The number of aromatic nitrogens is 2. The highest BCUT2D eigenvalue weighted by Crippen LogP contribution is 2.21. The molecule has 0 radical (unpaired) electrons. The molecule has 38 heavy (non-hydrogen) atoms. The average Bonchev–Trinajstić information content (AvgIpc) is 3.42. The number of nitrogens with zero attached hydrogens (tertiary/aromatic N) is 3. The van der Waals surface area contributed by atoms with Crippen molar-refractivity contribution in [2.45, 2.75) is 39.2 Å². The van der Waals surface area contributed by atoms with Crippen LogP contribution in [0, 0.1) is 0 Å². The summed E-state index contributed by atoms with van der Waals surface area (Å²) < 4.78 is 11.1. The smallest absolute Gasteiger partial charge is 0.325 e. The molecule has 0 saturated carbocycles. The Morgan fingerprint density at radius 2 is 1.58 bits per heavy atom. The monoisotopic (exact) mass is 517 g/mol. The van der Waals surface area contributed by atoms with E-state index in [2.05, 4.69) is 25.5 Å². The van der Waals surface area contributed by atoms with Crippen LogP contribution in [-0.2, 0) is 9.53 Å². The van der Waals surface area contributed by atoms with Gasteiger partial charge in [0.2, 0.25) is 5.95 Å². The molecule has 1 saturated heterocycles. The largest absolute Gasteiger partial charge is 0.492 e. The highest BCUT2D eigenvalue weighted by atomic mass is 16.6. The minimum Gasteiger partial charge on any atom is -0.492 e. The van der Waals surface area contributed by atoms with E-state index in [-0.39, 0.29) is 12.5 Å². The Bertz CT molecular complexity index is 1200. The molecule has 9 heteroatoms. The first-order chi connectivity index (χ1) is 18.2. The minimum absolute atomic E-state index is 0.186. The van der Waals surface area contributed by atoms with E-state index in [1.807, 2.05) is 36.4 Å². The van der Waals surface area contributed by atoms with Crippen molar-refractivity contribution >= 4 is 23.5 Å². The normalized spacial score (nSPS) is 13.7. The van der Waals surface area contributed by atoms with Crippen molar-refractivity contribution in [3.8, 4) is 16.9 Å². The van der Waals surface area contributed by atoms with Crippen LogP contribution in [0.5, 0.6) is 5.75 Å². The molecule has 0 atom stereocenters. The van der Waals surface area contributed by atoms with E-state index in [4.69, 9.17) is 9.47 Å². The second kappa shape index (κ2) is 12.5. The van der Waals surface area contributed by atoms with E-state index in [1.54, 1.807) is 45.3 Å². The Labute approximate surface area is 223 Å². The Morgan fingerprint density at radius 3 is 2.21 bits per heavy atom. The molecule has 3 aromatic rings. The van der Waals surface area contributed by atoms with Gasteiger partial charge in [0.25, 0.3) is 5.91 Å². The molecule has 2 N–H and O–H groups in total. The number of carbonyl (C=O) groups excluding carboxylic acids is 2. The zero-order valence-electron chi connectivity index (χ0n) is 22.2. The van der Waals surface area contributed by atoms with Gasteiger partial charge in [0.15, 0.2) is 0 Å². The first kappa shape index (κ1) is 27.1. The number of ether oxygens (including phenoxy) is 2. The van der Waals surface area contributed by atoms with Gasteiger partial charge < -0.3 is 20.1 Å². The van der Waals surface area contributed by atoms with Gasteiger partial charge in [0, 0.05) is 35.8 Å². The molecule has 1 fully saturated rings. The maximum atomic E-state index is 12.3. The fourth-order valence-electron chi connectivity index (χ4n) is 4.05. The molecule has 0 spiro atoms. The number of hydrogen-bond acceptors (Lipinski definition) is 8. The Balaban J connectivity index is 1.25. The van der Waals surface area contributed by atoms with Gasteiger partial charge in [0.1, 0.15) is 24.5 Å². The molecule has 0 aliphatic carbocycles. The van der Waals surface area contributed by atoms with Crippen molar-refractivity contribution in [1.29, 1.82) is 0 Å². The van der Waals surface area contributed by atoms with Crippen LogP contribution in [0.15, 0.2) is 60.9 Å². The summed E-state index contributed by atoms with van der Waals surface area (Å²) in [5.41, 5.74) is 2.41. The highest BCUT2D eigenvalue weighted by molar-refractivity contribution is 5.96. The Hall–Kier alpha value is -3.98. The molecular weight excluding hydrogens is 482 g/mol. The van der Waals surface area contributed by atoms with Crippen LogP contribution in [0.1, 0.15) is 44.0 Å². The highest BCUT2D eigenvalue weighted by Gasteiger charge is 2.17. The van der Waals surface area contributed by atoms with Gasteiger partial charge in [-0.2, -0.15) is 0 Å². The standard InChI is InChI=1S/C29H35N5O4/c1-29(2,3)38-26(35)20-30-27(36)22-8-6-21(7-9-22)23-18-31-28(32-19-23)33-24-10-12-25(13-11-24)37-17-16-34-14-4-5-15-34/h6-13,18-19H,4-5,14-17,20H2,1-3H3,(H,30,36)(H,31,32,33). The zero-order chi connectivity index (χ0) is 27.0. The third-order valence-electron chi connectivity index (χ3n) is 5.93. The summed E-state index contributed by atoms with van der Waals surface area (Å²) in [5, 5.41) is 5.77. The summed E-state index contributed by atoms with van der Waals surface area (Å²) >= 11 is 0. The minimum atomic E-state index is -0.594. The van der Waals surface area contributed by atoms with Gasteiger partial charge in [-0.15, -0.1) is 0 Å². The van der Waals surface area contributed by atoms with E-state index in [1.165, 1.54) is 25.9 Å². The number of esters is 1. The van der Waals surface area contributed by atoms with Crippen molar-refractivity contribution in [2.24, 2.45) is 0 Å². The molecule has 1 amide bonds. The molecule has 9 nitrogen and oxygen atoms in total. The second-order valence-electron chi connectivity index (χ2n) is 10.2. The van der Waals surface area contributed by atoms with Crippen LogP contribution in [-0.4, -0.2) is 65.1 Å². The lowest BCUT2D eigenvalue weighted by Gasteiger charge is -2.19. The lowest BCUT2D eigenvalue weighted by molar-refractivity contribution is -0.153. The molecule has 200 valence electrons. The van der Waals surface area contributed by atoms with Crippen molar-refractivity contribution < 1.29 is 19.1 Å². The number of nitrogens with one attached hydrogen (secondary N) is 2. The van der Waals surface area contributed by atoms with Crippen molar-refractivity contribution in [3.05, 3.63) is 66.5 Å². The number of anilines is 2. The zero-order valence-corrected chi connectivity index (χ0v) is 22.2. The Kier molecular flexibility index (Phi) is 8.91. The van der Waals surface area contributed by atoms with Gasteiger partial charge in [0.05, 0.1) is 0 Å². The maximum Gasteiger partial charge on any atom is 0.325 e. The van der Waals surface area contributed by atoms with Crippen molar-refractivity contribution in [1.82, 2.24) is 20.2 Å². The van der Waals surface area contributed by atoms with Crippen LogP contribution in [0.2, 0.25) is 0 Å². The lowest BCUT2D eigenvalue weighted by Crippen LogP contribution is -2.34. The van der Waals surface area contributed by atoms with E-state index < -0.39 is 11.6 Å². The van der Waals surface area contributed by atoms with Crippen LogP contribution >= 0.6 is 0 Å². The van der Waals surface area contributed by atoms with Gasteiger partial charge >= 0.3 is 5.97 Å². The number of carbonyl (C=O) groups is 2. The topological polar surface area (TPSA) is 106 Å². The molecule has 0 unspecified atom stereocenters. The van der Waals surface area contributed by atoms with Crippen LogP contribution in [0.25, 0.3) is 11.1 Å². The molecule has 2 heterocycles. The number of hydrogen-bond donors (Lipinski definition) is 2. The Morgan fingerprint density at radius 1 is 0.921 bits per heavy atom. The molecule has 2 aromatic carbocycles. The van der Waals surface area contributed by atoms with Gasteiger partial charge in [-0.3, -0.25) is 14.5 Å². The molecule has 1 aliphatic rings. The fourth-order valence-corrected chi connectivity index (χ4v) is 4.05. The summed E-state index contributed by atoms with van der Waals surface area (Å²) in [5.74, 6) is 0.495. The summed E-state index contributed by atoms with van der Waals surface area (Å²) in [6.07, 6.45) is 6.02. The van der Waals surface area contributed by atoms with Crippen molar-refractivity contribution in [3.63, 3.8) is 0 Å². The summed E-state index contributed by atoms with van der Waals surface area (Å²) in [7, 11) is 0. The number of amides is 1. The predicted molar refractivity (Wildman–Crippen MR) is 147 cm³/mol. The predicted octanol–water partition coefficient (Wildman–Crippen LogP) is 4.43. The van der Waals surface area contributed by atoms with Crippen LogP contribution in [0.4, 0.5) is 11.6 Å². The third-order valence-corrected chi connectivity index (χ3v) is 5.93. The summed E-state index contributed by atoms with van der Waals surface area (Å²) in [6, 6.07) is 14.8. The summed E-state index contributed by atoms with van der Waals surface area (Å²) in [6.45, 7) is 9.15. The SMILES string of the molecule is CC(C)(C)OC(=O)CNC(=O)c1ccc(-c2cnc(Nc3ccc(OCCN4CCCC4)cc3)nc2)cc1. The molecule has 1 aliphatic heterocycles. The second-order valence-corrected chi connectivity index (χ2v) is 10.2. The number of benzene rings is 2. The fraction of sp³-hybridized carbons (Fsp3) is 0.379. The van der Waals surface area contributed by atoms with E-state index in [0.29, 0.717) is 18.1 Å². The third kappa shape index (κ3) is 8.27. The molecular formula is C29H35N5O4. The quantitative estimate of drug-likeness (QED) is 0.381. The van der Waals surface area contributed by atoms with Gasteiger partial charge in [-0.1, -0.05) is 12.1 Å². The number of rotatable bonds is 10. The first-order valence-electron chi connectivity index (χ1n) is 12.9. The van der Waals surface area contributed by atoms with Gasteiger partial charge in [-0.05, 0) is 88.7 Å². The van der Waals surface area contributed by atoms with E-state index in [9.17, 15) is 9.59 Å². The van der Waals surface area contributed by atoms with Crippen LogP contribution < -0.4 is 15.4 Å². The average molecular weight is 518 g/mol. The molecule has 0 bridgehead atoms. The first-order valence-corrected chi connectivity index (χ1v) is 12.9. The summed E-state index contributed by atoms with van der Waals surface area (Å²) in [4.78, 5) is 35.4. The van der Waals surface area contributed by atoms with Gasteiger partial charge in [-0.25, -0.2) is 9.97 Å².